The van der Waals surface area contributed by atoms with Crippen molar-refractivity contribution in [2.75, 3.05) is 6.26 Å². The number of hydrogen-bond acceptors (Lipinski definition) is 8. The Bertz CT molecular complexity index is 2160. The monoisotopic (exact) mass is 729 g/mol. The molecule has 2 aliphatic carbocycles. The maximum absolute atomic E-state index is 13.3. The third-order valence-corrected chi connectivity index (χ3v) is 10.4. The van der Waals surface area contributed by atoms with Gasteiger partial charge in [0.1, 0.15) is 6.79 Å². The highest BCUT2D eigenvalue weighted by Gasteiger charge is 2.29. The quantitative estimate of drug-likeness (QED) is 0.0968. The summed E-state index contributed by atoms with van der Waals surface area (Å²) in [4.78, 5) is 26.2. The topological polar surface area (TPSA) is 113 Å². The second kappa shape index (κ2) is 18.7. The van der Waals surface area contributed by atoms with Crippen molar-refractivity contribution >= 4 is 33.7 Å². The van der Waals surface area contributed by atoms with E-state index in [1.54, 1.807) is 24.3 Å². The van der Waals surface area contributed by atoms with E-state index in [1.807, 2.05) is 67.5 Å². The zero-order valence-corrected chi connectivity index (χ0v) is 30.6. The number of ether oxygens (including phenoxy) is 2. The summed E-state index contributed by atoms with van der Waals surface area (Å²) in [7, 11) is -3.34. The van der Waals surface area contributed by atoms with Gasteiger partial charge in [0.05, 0.1) is 16.9 Å². The highest BCUT2D eigenvalue weighted by Crippen LogP contribution is 2.39. The third-order valence-electron chi connectivity index (χ3n) is 9.25. The van der Waals surface area contributed by atoms with Gasteiger partial charge in [0, 0.05) is 28.9 Å². The molecule has 7 rings (SSSR count). The van der Waals surface area contributed by atoms with E-state index in [1.165, 1.54) is 24.8 Å². The Labute approximate surface area is 311 Å². The number of rotatable bonds is 6. The number of carbonyl (C=O) groups excluding carboxylic acids is 2. The Hall–Kier alpha value is -5.64. The molecule has 9 heteroatoms. The van der Waals surface area contributed by atoms with Crippen LogP contribution >= 0.6 is 0 Å². The standard InChI is InChI=1S/C35H35NO6S.C8H6.CH2O/c1-43(38,39)29-20-18-26(19-21-29)34-36-32-30(22-23-31(33(32)42-34)40-28-10-6-3-7-11-28)41-35(37)27-16-14-25(15-17-27)13-12-24-8-4-2-5-9-24;1-2-8-6-4-3-5-7-8;1-2/h2,4-5,8-9,18-23,25,27-28H,3,6-7,10-11,14-17H2,1H3;1,3-7H;1H2. The van der Waals surface area contributed by atoms with Gasteiger partial charge in [-0.15, -0.1) is 6.42 Å². The molecule has 272 valence electrons. The summed E-state index contributed by atoms with van der Waals surface area (Å²) in [6.45, 7) is 2.00. The fraction of sp³-hybridized carbons (Fsp3) is 0.295. The minimum Gasteiger partial charge on any atom is -0.486 e. The Morgan fingerprint density at radius 1 is 0.792 bits per heavy atom. The van der Waals surface area contributed by atoms with E-state index in [-0.39, 0.29) is 28.8 Å². The Morgan fingerprint density at radius 2 is 1.40 bits per heavy atom. The molecule has 0 spiro atoms. The summed E-state index contributed by atoms with van der Waals surface area (Å²) in [5, 5.41) is 0. The predicted molar refractivity (Wildman–Crippen MR) is 206 cm³/mol. The van der Waals surface area contributed by atoms with Gasteiger partial charge < -0.3 is 18.7 Å². The molecule has 8 nitrogen and oxygen atoms in total. The van der Waals surface area contributed by atoms with Crippen molar-refractivity contribution < 1.29 is 31.9 Å². The Morgan fingerprint density at radius 3 is 1.98 bits per heavy atom. The molecule has 0 N–H and O–H groups in total. The molecule has 0 bridgehead atoms. The summed E-state index contributed by atoms with van der Waals surface area (Å²) in [6, 6.07) is 29.4. The van der Waals surface area contributed by atoms with Gasteiger partial charge in [-0.2, -0.15) is 0 Å². The highest BCUT2D eigenvalue weighted by atomic mass is 32.2. The summed E-state index contributed by atoms with van der Waals surface area (Å²) >= 11 is 0. The van der Waals surface area contributed by atoms with Gasteiger partial charge in [-0.3, -0.25) is 4.79 Å². The lowest BCUT2D eigenvalue weighted by atomic mass is 9.82. The number of nitrogens with zero attached hydrogens (tertiary/aromatic N) is 1. The number of sulfone groups is 1. The van der Waals surface area contributed by atoms with Crippen molar-refractivity contribution in [3.63, 3.8) is 0 Å². The minimum atomic E-state index is -3.34. The molecule has 2 fully saturated rings. The zero-order valence-electron chi connectivity index (χ0n) is 29.8. The van der Waals surface area contributed by atoms with Crippen LogP contribution in [0.3, 0.4) is 0 Å². The normalized spacial score (nSPS) is 17.0. The first-order chi connectivity index (χ1) is 25.8. The molecule has 1 aromatic heterocycles. The predicted octanol–water partition coefficient (Wildman–Crippen LogP) is 8.86. The molecule has 4 aromatic carbocycles. The fourth-order valence-corrected chi connectivity index (χ4v) is 7.00. The summed E-state index contributed by atoms with van der Waals surface area (Å²) in [5.74, 6) is 10.1. The number of carbonyl (C=O) groups is 2. The molecule has 2 aliphatic rings. The number of terminal acetylenes is 1. The zero-order chi connectivity index (χ0) is 37.6. The average molecular weight is 730 g/mol. The van der Waals surface area contributed by atoms with Crippen LogP contribution < -0.4 is 9.47 Å². The summed E-state index contributed by atoms with van der Waals surface area (Å²) < 4.78 is 42.4. The average Bonchev–Trinajstić information content (AvgIpc) is 3.67. The molecular weight excluding hydrogens is 687 g/mol. The van der Waals surface area contributed by atoms with E-state index in [0.717, 1.165) is 62.5 Å². The summed E-state index contributed by atoms with van der Waals surface area (Å²) in [5.41, 5.74) is 3.37. The molecule has 0 atom stereocenters. The number of aromatic nitrogens is 1. The van der Waals surface area contributed by atoms with Crippen molar-refractivity contribution in [3.05, 3.63) is 108 Å². The lowest BCUT2D eigenvalue weighted by molar-refractivity contribution is -0.140. The van der Waals surface area contributed by atoms with E-state index < -0.39 is 9.84 Å². The van der Waals surface area contributed by atoms with Gasteiger partial charge in [0.15, 0.2) is 26.9 Å². The van der Waals surface area contributed by atoms with Crippen molar-refractivity contribution in [3.8, 4) is 47.1 Å². The second-order valence-electron chi connectivity index (χ2n) is 13.0. The van der Waals surface area contributed by atoms with Crippen molar-refractivity contribution in [2.24, 2.45) is 11.8 Å². The first-order valence-corrected chi connectivity index (χ1v) is 19.7. The number of hydrogen-bond donors (Lipinski definition) is 0. The molecule has 0 unspecified atom stereocenters. The van der Waals surface area contributed by atoms with Gasteiger partial charge in [0.25, 0.3) is 0 Å². The lowest BCUT2D eigenvalue weighted by Gasteiger charge is -2.24. The van der Waals surface area contributed by atoms with Crippen molar-refractivity contribution in [1.29, 1.82) is 0 Å². The fourth-order valence-electron chi connectivity index (χ4n) is 6.37. The molecular formula is C44H43NO7S. The molecule has 5 aromatic rings. The van der Waals surface area contributed by atoms with Crippen LogP contribution in [0.5, 0.6) is 11.5 Å². The summed E-state index contributed by atoms with van der Waals surface area (Å²) in [6.07, 6.45) is 14.9. The Balaban J connectivity index is 0.000000475. The first-order valence-electron chi connectivity index (χ1n) is 17.8. The van der Waals surface area contributed by atoms with Crippen LogP contribution in [0, 0.1) is 36.0 Å². The molecule has 2 saturated carbocycles. The maximum atomic E-state index is 13.3. The van der Waals surface area contributed by atoms with Crippen LogP contribution in [0.25, 0.3) is 22.6 Å². The van der Waals surface area contributed by atoms with Gasteiger partial charge in [-0.05, 0) is 112 Å². The third kappa shape index (κ3) is 10.7. The maximum Gasteiger partial charge on any atom is 0.314 e. The number of benzene rings is 4. The number of esters is 1. The van der Waals surface area contributed by atoms with Crippen LogP contribution in [0.1, 0.15) is 68.9 Å². The van der Waals surface area contributed by atoms with Gasteiger partial charge in [-0.25, -0.2) is 13.4 Å². The van der Waals surface area contributed by atoms with Crippen LogP contribution in [0.15, 0.2) is 106 Å². The van der Waals surface area contributed by atoms with Gasteiger partial charge in [-0.1, -0.05) is 60.6 Å². The van der Waals surface area contributed by atoms with Gasteiger partial charge in [0.2, 0.25) is 11.5 Å². The number of oxazole rings is 1. The van der Waals surface area contributed by atoms with E-state index in [0.29, 0.717) is 34.1 Å². The molecule has 0 aliphatic heterocycles. The Kier molecular flexibility index (Phi) is 13.6. The SMILES string of the molecule is C#Cc1ccccc1.C=O.CS(=O)(=O)c1ccc(-c2nc3c(OC(=O)C4CCC(C#Cc5ccccc5)CC4)ccc(OC4CCCCC4)c3o2)cc1. The van der Waals surface area contributed by atoms with E-state index in [2.05, 4.69) is 17.8 Å². The van der Waals surface area contributed by atoms with Crippen LogP contribution in [-0.4, -0.2) is 38.5 Å². The molecule has 1 heterocycles. The van der Waals surface area contributed by atoms with Crippen molar-refractivity contribution in [1.82, 2.24) is 4.98 Å². The smallest absolute Gasteiger partial charge is 0.314 e. The molecule has 0 saturated heterocycles. The van der Waals surface area contributed by atoms with Crippen LogP contribution in [-0.2, 0) is 19.4 Å². The van der Waals surface area contributed by atoms with E-state index in [4.69, 9.17) is 30.1 Å². The van der Waals surface area contributed by atoms with Crippen LogP contribution in [0.4, 0.5) is 0 Å². The molecule has 0 radical (unpaired) electrons. The molecule has 0 amide bonds. The van der Waals surface area contributed by atoms with Crippen molar-refractivity contribution in [2.45, 2.75) is 68.8 Å². The minimum absolute atomic E-state index is 0.0909. The van der Waals surface area contributed by atoms with Gasteiger partial charge >= 0.3 is 5.97 Å². The lowest BCUT2D eigenvalue weighted by Crippen LogP contribution is -2.25. The number of fused-ring (bicyclic) bond motifs is 1. The van der Waals surface area contributed by atoms with E-state index in [9.17, 15) is 13.2 Å². The largest absolute Gasteiger partial charge is 0.486 e. The molecule has 53 heavy (non-hydrogen) atoms. The van der Waals surface area contributed by atoms with Crippen LogP contribution in [0.2, 0.25) is 0 Å². The second-order valence-corrected chi connectivity index (χ2v) is 15.1. The first kappa shape index (κ1) is 38.6. The van der Waals surface area contributed by atoms with E-state index >= 15 is 0 Å². The highest BCUT2D eigenvalue weighted by molar-refractivity contribution is 7.90.